The summed E-state index contributed by atoms with van der Waals surface area (Å²) in [5.74, 6) is -0.904. The van der Waals surface area contributed by atoms with Gasteiger partial charge in [0.05, 0.1) is 7.11 Å². The van der Waals surface area contributed by atoms with Crippen LogP contribution in [0.2, 0.25) is 0 Å². The van der Waals surface area contributed by atoms with Gasteiger partial charge in [-0.15, -0.1) is 0 Å². The van der Waals surface area contributed by atoms with Gasteiger partial charge in [0.25, 0.3) is 0 Å². The van der Waals surface area contributed by atoms with Gasteiger partial charge in [0.1, 0.15) is 12.1 Å². The number of carbonyl (C=O) groups is 3. The van der Waals surface area contributed by atoms with E-state index in [1.165, 1.54) is 18.9 Å². The number of methoxy groups -OCH3 is 1. The Morgan fingerprint density at radius 2 is 2.06 bits per heavy atom. The van der Waals surface area contributed by atoms with Gasteiger partial charge in [-0.2, -0.15) is 0 Å². The summed E-state index contributed by atoms with van der Waals surface area (Å²) < 4.78 is 4.66. The molecule has 6 nitrogen and oxygen atoms in total. The number of esters is 1. The monoisotopic (exact) mass is 242 g/mol. The van der Waals surface area contributed by atoms with Gasteiger partial charge >= 0.3 is 5.97 Å². The normalized spacial score (nSPS) is 20.9. The Balaban J connectivity index is 2.67. The Bertz CT molecular complexity index is 329. The maximum absolute atomic E-state index is 12.0. The van der Waals surface area contributed by atoms with E-state index in [2.05, 4.69) is 10.1 Å². The molecule has 96 valence electrons. The number of rotatable bonds is 3. The largest absolute Gasteiger partial charge is 0.467 e. The summed E-state index contributed by atoms with van der Waals surface area (Å²) in [7, 11) is 1.31. The molecular formula is C11H18N2O4. The molecular weight excluding hydrogens is 224 g/mol. The molecule has 2 atom stereocenters. The highest BCUT2D eigenvalue weighted by molar-refractivity contribution is 5.90. The molecule has 0 bridgehead atoms. The molecule has 2 amide bonds. The van der Waals surface area contributed by atoms with Gasteiger partial charge in [0.15, 0.2) is 0 Å². The Labute approximate surface area is 100 Å². The Morgan fingerprint density at radius 3 is 2.59 bits per heavy atom. The van der Waals surface area contributed by atoms with Gasteiger partial charge in [-0.05, 0) is 19.8 Å². The zero-order valence-electron chi connectivity index (χ0n) is 10.4. The lowest BCUT2D eigenvalue weighted by Gasteiger charge is -2.25. The van der Waals surface area contributed by atoms with Crippen LogP contribution < -0.4 is 5.32 Å². The van der Waals surface area contributed by atoms with Crippen LogP contribution in [-0.2, 0) is 19.1 Å². The zero-order valence-corrected chi connectivity index (χ0v) is 10.4. The average Bonchev–Trinajstić information content (AvgIpc) is 2.74. The van der Waals surface area contributed by atoms with Crippen LogP contribution in [0, 0.1) is 0 Å². The van der Waals surface area contributed by atoms with Crippen LogP contribution in [0.1, 0.15) is 26.7 Å². The van der Waals surface area contributed by atoms with Crippen molar-refractivity contribution in [2.24, 2.45) is 0 Å². The van der Waals surface area contributed by atoms with Crippen LogP contribution in [0.5, 0.6) is 0 Å². The molecule has 0 radical (unpaired) electrons. The van der Waals surface area contributed by atoms with Gasteiger partial charge < -0.3 is 15.0 Å². The summed E-state index contributed by atoms with van der Waals surface area (Å²) in [4.78, 5) is 35.8. The Hall–Kier alpha value is -1.59. The van der Waals surface area contributed by atoms with E-state index < -0.39 is 18.1 Å². The third-order valence-corrected chi connectivity index (χ3v) is 2.80. The van der Waals surface area contributed by atoms with E-state index in [1.54, 1.807) is 6.92 Å². The first kappa shape index (κ1) is 13.5. The SMILES string of the molecule is COC(=O)[C@@H]1CCCN1C(=O)[C@H](C)NC(C)=O. The standard InChI is InChI=1S/C11H18N2O4/c1-7(12-8(2)14)10(15)13-6-4-5-9(13)11(16)17-3/h7,9H,4-6H2,1-3H3,(H,12,14)/t7-,9-/m0/s1. The lowest BCUT2D eigenvalue weighted by Crippen LogP contribution is -2.50. The fourth-order valence-corrected chi connectivity index (χ4v) is 2.03. The second kappa shape index (κ2) is 5.65. The van der Waals surface area contributed by atoms with Crippen molar-refractivity contribution >= 4 is 17.8 Å². The number of nitrogens with zero attached hydrogens (tertiary/aromatic N) is 1. The smallest absolute Gasteiger partial charge is 0.328 e. The Morgan fingerprint density at radius 1 is 1.41 bits per heavy atom. The topological polar surface area (TPSA) is 75.7 Å². The van der Waals surface area contributed by atoms with Gasteiger partial charge in [-0.3, -0.25) is 9.59 Å². The summed E-state index contributed by atoms with van der Waals surface area (Å²) in [5.41, 5.74) is 0. The second-order valence-electron chi connectivity index (χ2n) is 4.14. The van der Waals surface area contributed by atoms with Crippen molar-refractivity contribution in [3.05, 3.63) is 0 Å². The third-order valence-electron chi connectivity index (χ3n) is 2.80. The molecule has 1 heterocycles. The highest BCUT2D eigenvalue weighted by Gasteiger charge is 2.36. The number of nitrogens with one attached hydrogen (secondary N) is 1. The molecule has 6 heteroatoms. The van der Waals surface area contributed by atoms with E-state index in [1.807, 2.05) is 0 Å². The molecule has 1 rings (SSSR count). The van der Waals surface area contributed by atoms with Crippen LogP contribution in [0.25, 0.3) is 0 Å². The first-order valence-corrected chi connectivity index (χ1v) is 5.62. The lowest BCUT2D eigenvalue weighted by atomic mass is 10.2. The number of likely N-dealkylation sites (tertiary alicyclic amines) is 1. The maximum Gasteiger partial charge on any atom is 0.328 e. The number of amides is 2. The van der Waals surface area contributed by atoms with Crippen molar-refractivity contribution in [3.63, 3.8) is 0 Å². The van der Waals surface area contributed by atoms with Gasteiger partial charge in [0, 0.05) is 13.5 Å². The average molecular weight is 242 g/mol. The summed E-state index contributed by atoms with van der Waals surface area (Å²) >= 11 is 0. The number of carbonyl (C=O) groups excluding carboxylic acids is 3. The van der Waals surface area contributed by atoms with E-state index in [0.717, 1.165) is 6.42 Å². The molecule has 1 aliphatic rings. The highest BCUT2D eigenvalue weighted by atomic mass is 16.5. The molecule has 1 fully saturated rings. The Kier molecular flexibility index (Phi) is 4.48. The first-order valence-electron chi connectivity index (χ1n) is 5.62. The van der Waals surface area contributed by atoms with Crippen LogP contribution in [0.15, 0.2) is 0 Å². The molecule has 0 aromatic carbocycles. The highest BCUT2D eigenvalue weighted by Crippen LogP contribution is 2.19. The maximum atomic E-state index is 12.0. The van der Waals surface area contributed by atoms with Gasteiger partial charge in [-0.25, -0.2) is 4.79 Å². The van der Waals surface area contributed by atoms with E-state index in [9.17, 15) is 14.4 Å². The minimum absolute atomic E-state index is 0.242. The molecule has 0 unspecified atom stereocenters. The molecule has 0 saturated carbocycles. The number of ether oxygens (including phenoxy) is 1. The molecule has 0 aromatic heterocycles. The van der Waals surface area contributed by atoms with Gasteiger partial charge in [-0.1, -0.05) is 0 Å². The summed E-state index contributed by atoms with van der Waals surface area (Å²) in [6.07, 6.45) is 1.39. The molecule has 1 N–H and O–H groups in total. The molecule has 1 saturated heterocycles. The fourth-order valence-electron chi connectivity index (χ4n) is 2.03. The van der Waals surface area contributed by atoms with Crippen molar-refractivity contribution in [1.29, 1.82) is 0 Å². The number of hydrogen-bond acceptors (Lipinski definition) is 4. The zero-order chi connectivity index (χ0) is 13.0. The fraction of sp³-hybridized carbons (Fsp3) is 0.727. The summed E-state index contributed by atoms with van der Waals surface area (Å²) in [6, 6.07) is -1.12. The van der Waals surface area contributed by atoms with Crippen molar-refractivity contribution in [2.75, 3.05) is 13.7 Å². The van der Waals surface area contributed by atoms with Crippen molar-refractivity contribution in [2.45, 2.75) is 38.8 Å². The van der Waals surface area contributed by atoms with Crippen LogP contribution >= 0.6 is 0 Å². The minimum atomic E-state index is -0.613. The van der Waals surface area contributed by atoms with Crippen molar-refractivity contribution in [1.82, 2.24) is 10.2 Å². The van der Waals surface area contributed by atoms with E-state index in [-0.39, 0.29) is 11.8 Å². The molecule has 0 aromatic rings. The number of hydrogen-bond donors (Lipinski definition) is 1. The van der Waals surface area contributed by atoms with E-state index in [0.29, 0.717) is 13.0 Å². The van der Waals surface area contributed by atoms with Crippen LogP contribution in [-0.4, -0.2) is 48.4 Å². The predicted molar refractivity (Wildman–Crippen MR) is 60.0 cm³/mol. The van der Waals surface area contributed by atoms with Gasteiger partial charge in [0.2, 0.25) is 11.8 Å². The third kappa shape index (κ3) is 3.18. The van der Waals surface area contributed by atoms with Crippen LogP contribution in [0.3, 0.4) is 0 Å². The minimum Gasteiger partial charge on any atom is -0.467 e. The van der Waals surface area contributed by atoms with Crippen molar-refractivity contribution < 1.29 is 19.1 Å². The lowest BCUT2D eigenvalue weighted by molar-refractivity contribution is -0.151. The quantitative estimate of drug-likeness (QED) is 0.688. The molecule has 1 aliphatic heterocycles. The summed E-state index contributed by atoms with van der Waals surface area (Å²) in [6.45, 7) is 3.49. The second-order valence-corrected chi connectivity index (χ2v) is 4.14. The molecule has 0 aliphatic carbocycles. The van der Waals surface area contributed by atoms with E-state index >= 15 is 0 Å². The van der Waals surface area contributed by atoms with E-state index in [4.69, 9.17) is 0 Å². The molecule has 0 spiro atoms. The molecule has 17 heavy (non-hydrogen) atoms. The van der Waals surface area contributed by atoms with Crippen molar-refractivity contribution in [3.8, 4) is 0 Å². The predicted octanol–water partition coefficient (Wildman–Crippen LogP) is -0.325. The van der Waals surface area contributed by atoms with Crippen LogP contribution in [0.4, 0.5) is 0 Å². The summed E-state index contributed by atoms with van der Waals surface area (Å²) in [5, 5.41) is 2.51. The first-order chi connectivity index (χ1) is 7.97.